The summed E-state index contributed by atoms with van der Waals surface area (Å²) < 4.78 is 9.33. The van der Waals surface area contributed by atoms with Crippen LogP contribution in [-0.2, 0) is 24.2 Å². The van der Waals surface area contributed by atoms with Gasteiger partial charge in [-0.1, -0.05) is 0 Å². The van der Waals surface area contributed by atoms with Crippen molar-refractivity contribution in [3.05, 3.63) is 11.5 Å². The number of aromatic nitrogens is 4. The molecule has 0 aromatic carbocycles. The molecule has 0 spiro atoms. The number of methoxy groups -OCH3 is 1. The number of rotatable bonds is 6. The molecule has 18 heavy (non-hydrogen) atoms. The first-order chi connectivity index (χ1) is 8.72. The zero-order valence-corrected chi connectivity index (χ0v) is 11.9. The van der Waals surface area contributed by atoms with Crippen LogP contribution in [0.2, 0.25) is 0 Å². The van der Waals surface area contributed by atoms with Crippen LogP contribution in [0.25, 0.3) is 11.2 Å². The zero-order valence-electron chi connectivity index (χ0n) is 11.1. The molecule has 0 aliphatic carbocycles. The van der Waals surface area contributed by atoms with Crippen LogP contribution in [-0.4, -0.2) is 38.9 Å². The summed E-state index contributed by atoms with van der Waals surface area (Å²) in [6, 6.07) is 0. The van der Waals surface area contributed by atoms with Crippen LogP contribution >= 0.6 is 11.6 Å². The maximum absolute atomic E-state index is 5.84. The maximum atomic E-state index is 5.84. The van der Waals surface area contributed by atoms with Crippen molar-refractivity contribution in [2.75, 3.05) is 19.6 Å². The highest BCUT2D eigenvalue weighted by molar-refractivity contribution is 6.17. The zero-order chi connectivity index (χ0) is 13.1. The largest absolute Gasteiger partial charge is 0.383 e. The fourth-order valence-electron chi connectivity index (χ4n) is 2.18. The number of fused-ring (bicyclic) bond motifs is 1. The average molecular weight is 271 g/mol. The van der Waals surface area contributed by atoms with E-state index in [9.17, 15) is 0 Å². The Morgan fingerprint density at radius 2 is 2.17 bits per heavy atom. The molecular formula is C12H19ClN4O. The van der Waals surface area contributed by atoms with Crippen LogP contribution in [0.3, 0.4) is 0 Å². The number of nitrogens with zero attached hydrogens (tertiary/aromatic N) is 4. The Hall–Kier alpha value is -1.07. The molecule has 0 N–H and O–H groups in total. The van der Waals surface area contributed by atoms with Crippen molar-refractivity contribution in [1.82, 2.24) is 19.3 Å². The van der Waals surface area contributed by atoms with Crippen LogP contribution in [0, 0.1) is 6.92 Å². The van der Waals surface area contributed by atoms with Gasteiger partial charge in [0.15, 0.2) is 5.65 Å². The minimum absolute atomic E-state index is 0.575. The Morgan fingerprint density at radius 1 is 1.39 bits per heavy atom. The fourth-order valence-corrected chi connectivity index (χ4v) is 2.35. The second-order valence-corrected chi connectivity index (χ2v) is 4.56. The molecule has 0 fully saturated rings. The van der Waals surface area contributed by atoms with Gasteiger partial charge in [0.1, 0.15) is 11.3 Å². The third kappa shape index (κ3) is 2.24. The summed E-state index contributed by atoms with van der Waals surface area (Å²) in [6.45, 7) is 6.36. The van der Waals surface area contributed by atoms with E-state index in [1.165, 1.54) is 0 Å². The molecule has 2 aromatic heterocycles. The maximum Gasteiger partial charge on any atom is 0.159 e. The van der Waals surface area contributed by atoms with Gasteiger partial charge in [-0.3, -0.25) is 0 Å². The summed E-state index contributed by atoms with van der Waals surface area (Å²) in [4.78, 5) is 4.66. The van der Waals surface area contributed by atoms with E-state index >= 15 is 0 Å². The predicted octanol–water partition coefficient (Wildman–Crippen LogP) is 1.99. The molecule has 6 heteroatoms. The van der Waals surface area contributed by atoms with Crippen molar-refractivity contribution in [2.45, 2.75) is 33.4 Å². The van der Waals surface area contributed by atoms with Crippen LogP contribution < -0.4 is 0 Å². The van der Waals surface area contributed by atoms with E-state index in [1.54, 1.807) is 7.11 Å². The molecule has 0 saturated carbocycles. The highest BCUT2D eigenvalue weighted by atomic mass is 35.5. The van der Waals surface area contributed by atoms with Gasteiger partial charge in [0, 0.05) is 32.5 Å². The molecule has 100 valence electrons. The number of hydrogen-bond donors (Lipinski definition) is 0. The van der Waals surface area contributed by atoms with E-state index in [0.29, 0.717) is 12.5 Å². The van der Waals surface area contributed by atoms with Crippen molar-refractivity contribution >= 4 is 22.8 Å². The van der Waals surface area contributed by atoms with Gasteiger partial charge in [0.25, 0.3) is 0 Å². The van der Waals surface area contributed by atoms with Gasteiger partial charge in [-0.15, -0.1) is 11.6 Å². The second kappa shape index (κ2) is 5.71. The van der Waals surface area contributed by atoms with Crippen LogP contribution in [0.5, 0.6) is 0 Å². The van der Waals surface area contributed by atoms with Crippen molar-refractivity contribution in [3.8, 4) is 0 Å². The summed E-state index contributed by atoms with van der Waals surface area (Å²) in [5.41, 5.74) is 3.03. The van der Waals surface area contributed by atoms with E-state index in [4.69, 9.17) is 16.3 Å². The minimum atomic E-state index is 0.575. The highest BCUT2D eigenvalue weighted by Gasteiger charge is 2.17. The van der Waals surface area contributed by atoms with Crippen molar-refractivity contribution in [3.63, 3.8) is 0 Å². The molecule has 0 bridgehead atoms. The average Bonchev–Trinajstić information content (AvgIpc) is 2.86. The summed E-state index contributed by atoms with van der Waals surface area (Å²) in [6.07, 6.45) is 0.767. The third-order valence-electron chi connectivity index (χ3n) is 3.01. The van der Waals surface area contributed by atoms with E-state index in [0.717, 1.165) is 42.2 Å². The van der Waals surface area contributed by atoms with Crippen LogP contribution in [0.15, 0.2) is 0 Å². The number of halogens is 1. The summed E-state index contributed by atoms with van der Waals surface area (Å²) in [7, 11) is 1.71. The highest BCUT2D eigenvalue weighted by Crippen LogP contribution is 2.20. The van der Waals surface area contributed by atoms with Crippen molar-refractivity contribution in [1.29, 1.82) is 0 Å². The van der Waals surface area contributed by atoms with Crippen LogP contribution in [0.1, 0.15) is 18.4 Å². The van der Waals surface area contributed by atoms with Gasteiger partial charge in [-0.2, -0.15) is 5.10 Å². The Kier molecular flexibility index (Phi) is 4.24. The van der Waals surface area contributed by atoms with Gasteiger partial charge in [-0.25, -0.2) is 9.67 Å². The van der Waals surface area contributed by atoms with Gasteiger partial charge in [0.2, 0.25) is 0 Å². The van der Waals surface area contributed by atoms with Gasteiger partial charge < -0.3 is 9.30 Å². The smallest absolute Gasteiger partial charge is 0.159 e. The standard InChI is InChI=1S/C12H19ClN4O/c1-4-17-12-11(9(2)15-17)14-10(5-6-13)16(12)7-8-18-3/h4-8H2,1-3H3. The Bertz CT molecular complexity index is 532. The summed E-state index contributed by atoms with van der Waals surface area (Å²) in [5.74, 6) is 1.59. The lowest BCUT2D eigenvalue weighted by atomic mass is 10.4. The number of aryl methyl sites for hydroxylation is 3. The van der Waals surface area contributed by atoms with E-state index < -0.39 is 0 Å². The molecule has 0 aliphatic heterocycles. The number of alkyl halides is 1. The number of hydrogen-bond acceptors (Lipinski definition) is 3. The Balaban J connectivity index is 2.54. The van der Waals surface area contributed by atoms with E-state index in [2.05, 4.69) is 21.6 Å². The summed E-state index contributed by atoms with van der Waals surface area (Å²) in [5, 5.41) is 4.50. The lowest BCUT2D eigenvalue weighted by Gasteiger charge is -2.09. The lowest BCUT2D eigenvalue weighted by molar-refractivity contribution is 0.187. The molecule has 0 atom stereocenters. The Morgan fingerprint density at radius 3 is 2.78 bits per heavy atom. The molecule has 2 aromatic rings. The molecule has 0 radical (unpaired) electrons. The number of ether oxygens (including phenoxy) is 1. The normalized spacial score (nSPS) is 11.6. The van der Waals surface area contributed by atoms with Gasteiger partial charge >= 0.3 is 0 Å². The fraction of sp³-hybridized carbons (Fsp3) is 0.667. The first-order valence-electron chi connectivity index (χ1n) is 6.20. The first-order valence-corrected chi connectivity index (χ1v) is 6.73. The van der Waals surface area contributed by atoms with Crippen molar-refractivity contribution < 1.29 is 4.74 Å². The number of imidazole rings is 1. The monoisotopic (exact) mass is 270 g/mol. The topological polar surface area (TPSA) is 44.9 Å². The summed E-state index contributed by atoms with van der Waals surface area (Å²) >= 11 is 5.84. The molecule has 0 aliphatic rings. The molecule has 0 unspecified atom stereocenters. The van der Waals surface area contributed by atoms with E-state index in [1.807, 2.05) is 11.6 Å². The third-order valence-corrected chi connectivity index (χ3v) is 3.20. The minimum Gasteiger partial charge on any atom is -0.383 e. The van der Waals surface area contributed by atoms with Crippen LogP contribution in [0.4, 0.5) is 0 Å². The second-order valence-electron chi connectivity index (χ2n) is 4.18. The van der Waals surface area contributed by atoms with E-state index in [-0.39, 0.29) is 0 Å². The molecular weight excluding hydrogens is 252 g/mol. The SMILES string of the molecule is CCn1nc(C)c2nc(CCCl)n(CCOC)c21. The Labute approximate surface area is 112 Å². The molecule has 5 nitrogen and oxygen atoms in total. The quantitative estimate of drug-likeness (QED) is 0.754. The molecule has 2 rings (SSSR count). The van der Waals surface area contributed by atoms with Gasteiger partial charge in [-0.05, 0) is 13.8 Å². The molecule has 2 heterocycles. The molecule has 0 saturated heterocycles. The predicted molar refractivity (Wildman–Crippen MR) is 72.2 cm³/mol. The van der Waals surface area contributed by atoms with Crippen molar-refractivity contribution in [2.24, 2.45) is 0 Å². The lowest BCUT2D eigenvalue weighted by Crippen LogP contribution is -2.12. The molecule has 0 amide bonds. The first kappa shape index (κ1) is 13.4. The van der Waals surface area contributed by atoms with Gasteiger partial charge in [0.05, 0.1) is 12.3 Å².